The number of aliphatic hydroxyl groups excluding tert-OH is 1. The Hall–Kier alpha value is -2.15. The van der Waals surface area contributed by atoms with Crippen molar-refractivity contribution in [1.29, 1.82) is 0 Å². The fraction of sp³-hybridized carbons (Fsp3) is 0.696. The lowest BCUT2D eigenvalue weighted by Crippen LogP contribution is -2.41. The van der Waals surface area contributed by atoms with E-state index in [9.17, 15) is 9.90 Å². The fourth-order valence-electron chi connectivity index (χ4n) is 5.12. The van der Waals surface area contributed by atoms with Crippen molar-refractivity contribution in [2.75, 3.05) is 25.0 Å². The van der Waals surface area contributed by atoms with Crippen LogP contribution >= 0.6 is 0 Å². The number of carbonyl (C=O) groups excluding carboxylic acids is 1. The third-order valence-electron chi connectivity index (χ3n) is 6.99. The third-order valence-corrected chi connectivity index (χ3v) is 6.99. The molecule has 2 atom stereocenters. The van der Waals surface area contributed by atoms with E-state index >= 15 is 0 Å². The van der Waals surface area contributed by atoms with E-state index in [4.69, 9.17) is 0 Å². The molecule has 0 radical (unpaired) electrons. The van der Waals surface area contributed by atoms with Gasteiger partial charge in [0.2, 0.25) is 0 Å². The highest BCUT2D eigenvalue weighted by atomic mass is 16.3. The number of nitrogens with zero attached hydrogens (tertiary/aromatic N) is 4. The molecule has 3 heterocycles. The van der Waals surface area contributed by atoms with Crippen molar-refractivity contribution in [2.45, 2.75) is 71.4 Å². The average molecular weight is 414 g/mol. The summed E-state index contributed by atoms with van der Waals surface area (Å²) in [5, 5.41) is 18.7. The van der Waals surface area contributed by atoms with Crippen LogP contribution in [0.2, 0.25) is 0 Å². The second-order valence-electron chi connectivity index (χ2n) is 9.02. The summed E-state index contributed by atoms with van der Waals surface area (Å²) in [6.45, 7) is 6.51. The number of aryl methyl sites for hydroxylation is 1. The van der Waals surface area contributed by atoms with E-state index in [-0.39, 0.29) is 18.4 Å². The normalized spacial score (nSPS) is 21.7. The van der Waals surface area contributed by atoms with Gasteiger partial charge >= 0.3 is 0 Å². The first-order valence-corrected chi connectivity index (χ1v) is 11.6. The van der Waals surface area contributed by atoms with Crippen LogP contribution in [-0.4, -0.2) is 56.4 Å². The number of nitrogens with one attached hydrogen (secondary N) is 1. The number of anilines is 1. The molecule has 0 bridgehead atoms. The third kappa shape index (κ3) is 4.17. The fourth-order valence-corrected chi connectivity index (χ4v) is 5.12. The highest BCUT2D eigenvalue weighted by Crippen LogP contribution is 2.33. The Labute approximate surface area is 178 Å². The predicted molar refractivity (Wildman–Crippen MR) is 119 cm³/mol. The number of carbonyl (C=O) groups is 1. The lowest BCUT2D eigenvalue weighted by molar-refractivity contribution is 0.0621. The van der Waals surface area contributed by atoms with Crippen molar-refractivity contribution in [2.24, 2.45) is 11.8 Å². The molecule has 7 heteroatoms. The summed E-state index contributed by atoms with van der Waals surface area (Å²) in [6.07, 6.45) is 11.9. The average Bonchev–Trinajstić information content (AvgIpc) is 3.23. The quantitative estimate of drug-likeness (QED) is 0.755. The molecule has 2 aliphatic rings. The molecule has 2 unspecified atom stereocenters. The second-order valence-corrected chi connectivity index (χ2v) is 9.02. The summed E-state index contributed by atoms with van der Waals surface area (Å²) in [4.78, 5) is 20.0. The Morgan fingerprint density at radius 1 is 1.23 bits per heavy atom. The van der Waals surface area contributed by atoms with Gasteiger partial charge in [-0.25, -0.2) is 9.67 Å². The maximum absolute atomic E-state index is 13.5. The van der Waals surface area contributed by atoms with Crippen molar-refractivity contribution in [3.8, 4) is 0 Å². The Balaban J connectivity index is 1.67. The highest BCUT2D eigenvalue weighted by Gasteiger charge is 2.29. The first-order chi connectivity index (χ1) is 14.6. The van der Waals surface area contributed by atoms with Gasteiger partial charge in [0, 0.05) is 38.5 Å². The molecule has 4 rings (SSSR count). The Morgan fingerprint density at radius 2 is 2.03 bits per heavy atom. The van der Waals surface area contributed by atoms with Crippen LogP contribution in [-0.2, 0) is 6.54 Å². The van der Waals surface area contributed by atoms with Crippen molar-refractivity contribution >= 4 is 22.6 Å². The molecular formula is C23H35N5O2. The maximum Gasteiger partial charge on any atom is 0.257 e. The molecule has 2 aromatic heterocycles. The van der Waals surface area contributed by atoms with E-state index in [0.717, 1.165) is 42.7 Å². The Kier molecular flexibility index (Phi) is 6.56. The van der Waals surface area contributed by atoms with Gasteiger partial charge in [-0.1, -0.05) is 19.3 Å². The number of pyridine rings is 1. The number of amides is 1. The van der Waals surface area contributed by atoms with Crippen molar-refractivity contribution in [3.05, 3.63) is 18.0 Å². The van der Waals surface area contributed by atoms with Crippen LogP contribution in [0.25, 0.3) is 11.0 Å². The summed E-state index contributed by atoms with van der Waals surface area (Å²) < 4.78 is 1.88. The molecule has 1 saturated carbocycles. The molecule has 7 nitrogen and oxygen atoms in total. The maximum atomic E-state index is 13.5. The highest BCUT2D eigenvalue weighted by molar-refractivity contribution is 6.06. The summed E-state index contributed by atoms with van der Waals surface area (Å²) in [7, 11) is 0. The Morgan fingerprint density at radius 3 is 2.77 bits per heavy atom. The number of aromatic nitrogens is 3. The molecule has 0 spiro atoms. The van der Waals surface area contributed by atoms with Gasteiger partial charge in [-0.15, -0.1) is 0 Å². The molecule has 2 N–H and O–H groups in total. The van der Waals surface area contributed by atoms with Gasteiger partial charge in [-0.3, -0.25) is 4.79 Å². The number of aliphatic hydroxyl groups is 1. The van der Waals surface area contributed by atoms with Crippen LogP contribution in [0.1, 0.15) is 69.2 Å². The van der Waals surface area contributed by atoms with Gasteiger partial charge in [0.05, 0.1) is 22.8 Å². The van der Waals surface area contributed by atoms with Gasteiger partial charge in [0.25, 0.3) is 5.91 Å². The summed E-state index contributed by atoms with van der Waals surface area (Å²) in [5.41, 5.74) is 2.31. The molecule has 1 amide bonds. The number of fused-ring (bicyclic) bond motifs is 1. The van der Waals surface area contributed by atoms with E-state index < -0.39 is 0 Å². The van der Waals surface area contributed by atoms with E-state index in [0.29, 0.717) is 24.1 Å². The smallest absolute Gasteiger partial charge is 0.257 e. The van der Waals surface area contributed by atoms with Gasteiger partial charge in [0.15, 0.2) is 5.65 Å². The monoisotopic (exact) mass is 413 g/mol. The molecular weight excluding hydrogens is 378 g/mol. The minimum absolute atomic E-state index is 0.00476. The zero-order valence-electron chi connectivity index (χ0n) is 18.3. The van der Waals surface area contributed by atoms with E-state index in [1.54, 1.807) is 6.20 Å². The van der Waals surface area contributed by atoms with Crippen molar-refractivity contribution < 1.29 is 9.90 Å². The lowest BCUT2D eigenvalue weighted by atomic mass is 9.84. The molecule has 30 heavy (non-hydrogen) atoms. The summed E-state index contributed by atoms with van der Waals surface area (Å²) in [5.74, 6) is 0.796. The number of hydrogen-bond acceptors (Lipinski definition) is 5. The number of piperidine rings is 1. The van der Waals surface area contributed by atoms with Crippen LogP contribution in [0.3, 0.4) is 0 Å². The standard InChI is InChI=1S/C23H35N5O2/c1-3-28-22-19(13-25-28)21(26-16(2)18-9-5-4-6-10-18)20(12-24-22)23(30)27-11-7-8-17(14-27)15-29/h12-13,16-18,29H,3-11,14-15H2,1-2H3,(H,24,26). The topological polar surface area (TPSA) is 83.3 Å². The molecule has 2 fully saturated rings. The van der Waals surface area contributed by atoms with E-state index in [1.807, 2.05) is 22.7 Å². The summed E-state index contributed by atoms with van der Waals surface area (Å²) in [6, 6.07) is 0.291. The minimum atomic E-state index is 0.00476. The minimum Gasteiger partial charge on any atom is -0.396 e. The second kappa shape index (κ2) is 9.33. The zero-order chi connectivity index (χ0) is 21.1. The predicted octanol–water partition coefficient (Wildman–Crippen LogP) is 3.68. The molecule has 1 aliphatic carbocycles. The van der Waals surface area contributed by atoms with Crippen LogP contribution in [0.4, 0.5) is 5.69 Å². The molecule has 0 aromatic carbocycles. The molecule has 2 aromatic rings. The lowest BCUT2D eigenvalue weighted by Gasteiger charge is -2.33. The van der Waals surface area contributed by atoms with E-state index in [2.05, 4.69) is 22.3 Å². The van der Waals surface area contributed by atoms with Gasteiger partial charge in [-0.2, -0.15) is 5.10 Å². The zero-order valence-corrected chi connectivity index (χ0v) is 18.3. The van der Waals surface area contributed by atoms with Crippen LogP contribution in [0.5, 0.6) is 0 Å². The van der Waals surface area contributed by atoms with Crippen molar-refractivity contribution in [3.63, 3.8) is 0 Å². The van der Waals surface area contributed by atoms with Gasteiger partial charge < -0.3 is 15.3 Å². The van der Waals surface area contributed by atoms with E-state index in [1.165, 1.54) is 32.1 Å². The molecule has 1 saturated heterocycles. The molecule has 1 aliphatic heterocycles. The Bertz CT molecular complexity index is 874. The van der Waals surface area contributed by atoms with Crippen LogP contribution < -0.4 is 5.32 Å². The largest absolute Gasteiger partial charge is 0.396 e. The number of likely N-dealkylation sites (tertiary alicyclic amines) is 1. The SMILES string of the molecule is CCn1ncc2c(NC(C)C3CCCCC3)c(C(=O)N3CCCC(CO)C3)cnc21. The first kappa shape index (κ1) is 21.1. The number of rotatable bonds is 6. The van der Waals surface area contributed by atoms with Gasteiger partial charge in [-0.05, 0) is 51.4 Å². The van der Waals surface area contributed by atoms with Crippen LogP contribution in [0.15, 0.2) is 12.4 Å². The number of hydrogen-bond donors (Lipinski definition) is 2. The van der Waals surface area contributed by atoms with Crippen LogP contribution in [0, 0.1) is 11.8 Å². The molecule has 164 valence electrons. The first-order valence-electron chi connectivity index (χ1n) is 11.6. The van der Waals surface area contributed by atoms with Crippen molar-refractivity contribution in [1.82, 2.24) is 19.7 Å². The summed E-state index contributed by atoms with van der Waals surface area (Å²) >= 11 is 0. The van der Waals surface area contributed by atoms with Gasteiger partial charge in [0.1, 0.15) is 0 Å².